The molecule has 5 rings (SSSR count). The monoisotopic (exact) mass is 440 g/mol. The lowest BCUT2D eigenvalue weighted by molar-refractivity contribution is -0.116. The predicted octanol–water partition coefficient (Wildman–Crippen LogP) is 4.56. The zero-order valence-corrected chi connectivity index (χ0v) is 18.5. The average Bonchev–Trinajstić information content (AvgIpc) is 3.26. The third-order valence-electron chi connectivity index (χ3n) is 6.09. The molecule has 1 aliphatic heterocycles. The van der Waals surface area contributed by atoms with E-state index in [-0.39, 0.29) is 11.8 Å². The van der Waals surface area contributed by atoms with E-state index in [0.29, 0.717) is 6.42 Å². The molecular formula is C27H28N4O2. The van der Waals surface area contributed by atoms with Gasteiger partial charge < -0.3 is 15.0 Å². The van der Waals surface area contributed by atoms with Gasteiger partial charge >= 0.3 is 0 Å². The van der Waals surface area contributed by atoms with Crippen molar-refractivity contribution >= 4 is 22.6 Å². The zero-order chi connectivity index (χ0) is 22.5. The maximum atomic E-state index is 13.0. The molecule has 0 saturated carbocycles. The molecule has 0 spiro atoms. The molecule has 2 N–H and O–H groups in total. The van der Waals surface area contributed by atoms with Crippen molar-refractivity contribution in [2.45, 2.75) is 18.9 Å². The van der Waals surface area contributed by atoms with Gasteiger partial charge in [0.25, 0.3) is 0 Å². The maximum absolute atomic E-state index is 13.0. The number of amides is 1. The number of nitrogens with zero attached hydrogens (tertiary/aromatic N) is 2. The number of H-pyrrole nitrogens is 1. The SMILES string of the molecule is O=C(CC(c1ccccc1)c1ccccc1)Nc1ccc2nc(CN3CCOCC3)[nH]c2c1. The van der Waals surface area contributed by atoms with Crippen molar-refractivity contribution in [3.8, 4) is 0 Å². The Kier molecular flexibility index (Phi) is 6.46. The van der Waals surface area contributed by atoms with Crippen LogP contribution >= 0.6 is 0 Å². The molecule has 6 heteroatoms. The van der Waals surface area contributed by atoms with Gasteiger partial charge in [0.1, 0.15) is 5.82 Å². The quantitative estimate of drug-likeness (QED) is 0.442. The van der Waals surface area contributed by atoms with E-state index >= 15 is 0 Å². The molecule has 0 bridgehead atoms. The molecule has 168 valence electrons. The molecule has 0 radical (unpaired) electrons. The first-order valence-electron chi connectivity index (χ1n) is 11.4. The second-order valence-corrected chi connectivity index (χ2v) is 8.43. The van der Waals surface area contributed by atoms with Gasteiger partial charge in [0, 0.05) is 31.1 Å². The van der Waals surface area contributed by atoms with Crippen molar-refractivity contribution in [2.75, 3.05) is 31.6 Å². The van der Waals surface area contributed by atoms with Crippen LogP contribution in [-0.4, -0.2) is 47.1 Å². The topological polar surface area (TPSA) is 70.2 Å². The first kappa shape index (κ1) is 21.4. The number of imidazole rings is 1. The highest BCUT2D eigenvalue weighted by Crippen LogP contribution is 2.28. The summed E-state index contributed by atoms with van der Waals surface area (Å²) in [6, 6.07) is 26.2. The number of benzene rings is 3. The Morgan fingerprint density at radius 3 is 2.30 bits per heavy atom. The molecule has 4 aromatic rings. The van der Waals surface area contributed by atoms with E-state index in [4.69, 9.17) is 9.72 Å². The fourth-order valence-electron chi connectivity index (χ4n) is 4.38. The van der Waals surface area contributed by atoms with Crippen LogP contribution in [0, 0.1) is 0 Å². The van der Waals surface area contributed by atoms with Crippen molar-refractivity contribution in [2.24, 2.45) is 0 Å². The lowest BCUT2D eigenvalue weighted by Crippen LogP contribution is -2.35. The van der Waals surface area contributed by atoms with Gasteiger partial charge in [0.2, 0.25) is 5.91 Å². The van der Waals surface area contributed by atoms with Gasteiger partial charge in [-0.25, -0.2) is 4.98 Å². The zero-order valence-electron chi connectivity index (χ0n) is 18.5. The van der Waals surface area contributed by atoms with Crippen molar-refractivity contribution in [3.05, 3.63) is 95.8 Å². The number of morpholine rings is 1. The molecule has 3 aromatic carbocycles. The van der Waals surface area contributed by atoms with Gasteiger partial charge in [-0.2, -0.15) is 0 Å². The Hall–Kier alpha value is -3.48. The fraction of sp³-hybridized carbons (Fsp3) is 0.259. The standard InChI is InChI=1S/C27H28N4O2/c32-27(18-23(20-7-3-1-4-8-20)21-9-5-2-6-10-21)28-22-11-12-24-25(17-22)30-26(29-24)19-31-13-15-33-16-14-31/h1-12,17,23H,13-16,18-19H2,(H,28,32)(H,29,30). The molecule has 1 aromatic heterocycles. The second kappa shape index (κ2) is 9.98. The number of aromatic nitrogens is 2. The Bertz CT molecular complexity index is 1160. The number of nitrogens with one attached hydrogen (secondary N) is 2. The van der Waals surface area contributed by atoms with Crippen LogP contribution in [0.25, 0.3) is 11.0 Å². The largest absolute Gasteiger partial charge is 0.379 e. The number of hydrogen-bond donors (Lipinski definition) is 2. The summed E-state index contributed by atoms with van der Waals surface area (Å²) in [5.41, 5.74) is 4.88. The number of ether oxygens (including phenoxy) is 1. The summed E-state index contributed by atoms with van der Waals surface area (Å²) in [5.74, 6) is 0.923. The Balaban J connectivity index is 1.29. The summed E-state index contributed by atoms with van der Waals surface area (Å²) in [6.45, 7) is 4.15. The number of hydrogen-bond acceptors (Lipinski definition) is 4. The third kappa shape index (κ3) is 5.30. The highest BCUT2D eigenvalue weighted by atomic mass is 16.5. The van der Waals surface area contributed by atoms with Gasteiger partial charge in [-0.05, 0) is 29.3 Å². The van der Waals surface area contributed by atoms with E-state index in [2.05, 4.69) is 39.5 Å². The highest BCUT2D eigenvalue weighted by molar-refractivity contribution is 5.93. The summed E-state index contributed by atoms with van der Waals surface area (Å²) in [4.78, 5) is 23.5. The minimum absolute atomic E-state index is 0.00316. The summed E-state index contributed by atoms with van der Waals surface area (Å²) < 4.78 is 5.42. The Morgan fingerprint density at radius 2 is 1.64 bits per heavy atom. The number of anilines is 1. The summed E-state index contributed by atoms with van der Waals surface area (Å²) in [6.07, 6.45) is 0.372. The summed E-state index contributed by atoms with van der Waals surface area (Å²) in [5, 5.41) is 3.08. The third-order valence-corrected chi connectivity index (χ3v) is 6.09. The molecule has 2 heterocycles. The molecule has 6 nitrogen and oxygen atoms in total. The average molecular weight is 441 g/mol. The van der Waals surface area contributed by atoms with Gasteiger partial charge in [0.15, 0.2) is 0 Å². The lowest BCUT2D eigenvalue weighted by Gasteiger charge is -2.25. The van der Waals surface area contributed by atoms with Gasteiger partial charge in [-0.1, -0.05) is 60.7 Å². The van der Waals surface area contributed by atoms with Crippen LogP contribution in [-0.2, 0) is 16.1 Å². The summed E-state index contributed by atoms with van der Waals surface area (Å²) >= 11 is 0. The van der Waals surface area contributed by atoms with E-state index in [0.717, 1.165) is 66.5 Å². The van der Waals surface area contributed by atoms with E-state index in [9.17, 15) is 4.79 Å². The highest BCUT2D eigenvalue weighted by Gasteiger charge is 2.19. The predicted molar refractivity (Wildman–Crippen MR) is 130 cm³/mol. The summed E-state index contributed by atoms with van der Waals surface area (Å²) in [7, 11) is 0. The van der Waals surface area contributed by atoms with Crippen LogP contribution in [0.3, 0.4) is 0 Å². The molecule has 1 saturated heterocycles. The van der Waals surface area contributed by atoms with Crippen molar-refractivity contribution in [1.82, 2.24) is 14.9 Å². The van der Waals surface area contributed by atoms with Crippen LogP contribution in [0.4, 0.5) is 5.69 Å². The van der Waals surface area contributed by atoms with Gasteiger partial charge in [-0.15, -0.1) is 0 Å². The van der Waals surface area contributed by atoms with Crippen LogP contribution in [0.1, 0.15) is 29.3 Å². The first-order chi connectivity index (χ1) is 16.2. The Morgan fingerprint density at radius 1 is 0.970 bits per heavy atom. The first-order valence-corrected chi connectivity index (χ1v) is 11.4. The van der Waals surface area contributed by atoms with Crippen molar-refractivity contribution in [3.63, 3.8) is 0 Å². The molecule has 1 fully saturated rings. The molecule has 0 unspecified atom stereocenters. The van der Waals surface area contributed by atoms with Crippen molar-refractivity contribution < 1.29 is 9.53 Å². The van der Waals surface area contributed by atoms with E-state index in [1.54, 1.807) is 0 Å². The van der Waals surface area contributed by atoms with Crippen LogP contribution in [0.5, 0.6) is 0 Å². The van der Waals surface area contributed by atoms with E-state index in [1.165, 1.54) is 0 Å². The maximum Gasteiger partial charge on any atom is 0.225 e. The van der Waals surface area contributed by atoms with Gasteiger partial charge in [-0.3, -0.25) is 9.69 Å². The smallest absolute Gasteiger partial charge is 0.225 e. The molecule has 33 heavy (non-hydrogen) atoms. The second-order valence-electron chi connectivity index (χ2n) is 8.43. The lowest BCUT2D eigenvalue weighted by atomic mass is 9.88. The van der Waals surface area contributed by atoms with Crippen LogP contribution in [0.15, 0.2) is 78.9 Å². The molecule has 1 amide bonds. The van der Waals surface area contributed by atoms with Gasteiger partial charge in [0.05, 0.1) is 30.8 Å². The number of carbonyl (C=O) groups is 1. The van der Waals surface area contributed by atoms with Crippen LogP contribution in [0.2, 0.25) is 0 Å². The van der Waals surface area contributed by atoms with Crippen LogP contribution < -0.4 is 5.32 Å². The minimum atomic E-state index is -0.0138. The number of rotatable bonds is 7. The number of fused-ring (bicyclic) bond motifs is 1. The minimum Gasteiger partial charge on any atom is -0.379 e. The molecular weight excluding hydrogens is 412 g/mol. The molecule has 0 aliphatic carbocycles. The Labute approximate surface area is 193 Å². The fourth-order valence-corrected chi connectivity index (χ4v) is 4.38. The molecule has 0 atom stereocenters. The van der Waals surface area contributed by atoms with E-state index in [1.807, 2.05) is 54.6 Å². The van der Waals surface area contributed by atoms with E-state index < -0.39 is 0 Å². The molecule has 1 aliphatic rings. The number of aromatic amines is 1. The number of carbonyl (C=O) groups excluding carboxylic acids is 1. The van der Waals surface area contributed by atoms with Crippen molar-refractivity contribution in [1.29, 1.82) is 0 Å². The normalized spacial score (nSPS) is 14.6.